The number of fused-ring (bicyclic) bond motifs is 1. The first-order valence-corrected chi connectivity index (χ1v) is 5.50. The average molecular weight is 251 g/mol. The Hall–Kier alpha value is -3.14. The Kier molecular flexibility index (Phi) is 2.47. The van der Waals surface area contributed by atoms with Gasteiger partial charge in [-0.15, -0.1) is 0 Å². The number of para-hydroxylation sites is 1. The average Bonchev–Trinajstić information content (AvgIpc) is 2.87. The smallest absolute Gasteiger partial charge is 0.224 e. The summed E-state index contributed by atoms with van der Waals surface area (Å²) in [5.74, 6) is 0.610. The maximum Gasteiger partial charge on any atom is 0.224 e. The number of rotatable bonds is 2. The predicted molar refractivity (Wildman–Crippen MR) is 70.5 cm³/mol. The lowest BCUT2D eigenvalue weighted by Crippen LogP contribution is -2.02. The molecule has 0 saturated carbocycles. The van der Waals surface area contributed by atoms with Gasteiger partial charge < -0.3 is 16.0 Å². The van der Waals surface area contributed by atoms with Gasteiger partial charge in [0.25, 0.3) is 0 Å². The minimum Gasteiger partial charge on any atom is -0.368 e. The molecular formula is C12H9N7. The lowest BCUT2D eigenvalue weighted by Gasteiger charge is -2.08. The molecule has 2 heterocycles. The molecule has 0 bridgehead atoms. The van der Waals surface area contributed by atoms with E-state index < -0.39 is 0 Å². The highest BCUT2D eigenvalue weighted by atomic mass is 15.1. The molecular weight excluding hydrogens is 242 g/mol. The van der Waals surface area contributed by atoms with Crippen molar-refractivity contribution in [2.45, 2.75) is 0 Å². The van der Waals surface area contributed by atoms with Gasteiger partial charge in [-0.3, -0.25) is 0 Å². The maximum absolute atomic E-state index is 9.06. The van der Waals surface area contributed by atoms with Gasteiger partial charge in [0, 0.05) is 0 Å². The number of benzene rings is 1. The molecule has 1 aromatic carbocycles. The Morgan fingerprint density at radius 1 is 1.26 bits per heavy atom. The summed E-state index contributed by atoms with van der Waals surface area (Å²) in [7, 11) is 0. The number of nitrogens with two attached hydrogens (primary N) is 1. The predicted octanol–water partition coefficient (Wildman–Crippen LogP) is 1.55. The molecule has 0 amide bonds. The molecule has 2 aromatic heterocycles. The van der Waals surface area contributed by atoms with E-state index in [2.05, 4.69) is 31.3 Å². The number of aromatic amines is 1. The standard InChI is InChI=1S/C12H9N7/c13-5-7-3-1-2-4-8(7)17-11-9-10(16-6-15-9)18-12(14)19-11/h1-4,6H,(H4,14,15,16,17,18,19). The summed E-state index contributed by atoms with van der Waals surface area (Å²) in [4.78, 5) is 15.1. The number of nitriles is 1. The quantitative estimate of drug-likeness (QED) is 0.636. The first-order valence-electron chi connectivity index (χ1n) is 5.50. The molecule has 0 radical (unpaired) electrons. The summed E-state index contributed by atoms with van der Waals surface area (Å²) in [6.45, 7) is 0. The summed E-state index contributed by atoms with van der Waals surface area (Å²) in [6, 6.07) is 9.25. The van der Waals surface area contributed by atoms with E-state index in [0.29, 0.717) is 28.2 Å². The zero-order chi connectivity index (χ0) is 13.2. The molecule has 0 aliphatic rings. The van der Waals surface area contributed by atoms with E-state index in [1.54, 1.807) is 18.2 Å². The van der Waals surface area contributed by atoms with E-state index in [1.807, 2.05) is 6.07 Å². The van der Waals surface area contributed by atoms with Crippen LogP contribution in [-0.2, 0) is 0 Å². The van der Waals surface area contributed by atoms with Crippen LogP contribution in [0.3, 0.4) is 0 Å². The van der Waals surface area contributed by atoms with E-state index >= 15 is 0 Å². The summed E-state index contributed by atoms with van der Waals surface area (Å²) in [5, 5.41) is 12.1. The number of H-pyrrole nitrogens is 1. The lowest BCUT2D eigenvalue weighted by atomic mass is 10.2. The second-order valence-electron chi connectivity index (χ2n) is 3.81. The monoisotopic (exact) mass is 251 g/mol. The van der Waals surface area contributed by atoms with Crippen LogP contribution in [0.4, 0.5) is 17.5 Å². The molecule has 0 unspecified atom stereocenters. The Bertz CT molecular complexity index is 784. The highest BCUT2D eigenvalue weighted by Crippen LogP contribution is 2.23. The first kappa shape index (κ1) is 11.0. The lowest BCUT2D eigenvalue weighted by molar-refractivity contribution is 1.21. The van der Waals surface area contributed by atoms with Crippen molar-refractivity contribution < 1.29 is 0 Å². The number of imidazole rings is 1. The van der Waals surface area contributed by atoms with E-state index in [-0.39, 0.29) is 5.95 Å². The van der Waals surface area contributed by atoms with E-state index in [1.165, 1.54) is 6.33 Å². The highest BCUT2D eigenvalue weighted by molar-refractivity contribution is 5.86. The molecule has 0 aliphatic heterocycles. The van der Waals surface area contributed by atoms with Gasteiger partial charge in [-0.1, -0.05) is 12.1 Å². The van der Waals surface area contributed by atoms with Crippen LogP contribution in [0, 0.1) is 11.3 Å². The van der Waals surface area contributed by atoms with Gasteiger partial charge in [0.05, 0.1) is 17.6 Å². The number of nitrogens with one attached hydrogen (secondary N) is 2. The van der Waals surface area contributed by atoms with Crippen LogP contribution in [0.5, 0.6) is 0 Å². The van der Waals surface area contributed by atoms with Crippen LogP contribution < -0.4 is 11.1 Å². The fraction of sp³-hybridized carbons (Fsp3) is 0. The van der Waals surface area contributed by atoms with E-state index in [4.69, 9.17) is 11.0 Å². The second kappa shape index (κ2) is 4.27. The Morgan fingerprint density at radius 2 is 2.11 bits per heavy atom. The molecule has 7 nitrogen and oxygen atoms in total. The minimum absolute atomic E-state index is 0.122. The zero-order valence-corrected chi connectivity index (χ0v) is 9.75. The van der Waals surface area contributed by atoms with Crippen LogP contribution >= 0.6 is 0 Å². The third-order valence-electron chi connectivity index (χ3n) is 2.60. The Balaban J connectivity index is 2.11. The van der Waals surface area contributed by atoms with Crippen molar-refractivity contribution in [3.63, 3.8) is 0 Å². The highest BCUT2D eigenvalue weighted by Gasteiger charge is 2.10. The summed E-state index contributed by atoms with van der Waals surface area (Å²) in [5.41, 5.74) is 7.92. The third kappa shape index (κ3) is 1.91. The maximum atomic E-state index is 9.06. The molecule has 0 atom stereocenters. The normalized spacial score (nSPS) is 10.3. The number of hydrogen-bond donors (Lipinski definition) is 3. The van der Waals surface area contributed by atoms with Crippen molar-refractivity contribution in [1.82, 2.24) is 19.9 Å². The molecule has 0 saturated heterocycles. The van der Waals surface area contributed by atoms with Crippen molar-refractivity contribution >= 4 is 28.6 Å². The van der Waals surface area contributed by atoms with Crippen LogP contribution in [0.15, 0.2) is 30.6 Å². The number of nitrogen functional groups attached to an aromatic ring is 1. The number of anilines is 3. The van der Waals surface area contributed by atoms with Gasteiger partial charge in [0.1, 0.15) is 11.6 Å². The van der Waals surface area contributed by atoms with Crippen LogP contribution in [-0.4, -0.2) is 19.9 Å². The van der Waals surface area contributed by atoms with E-state index in [0.717, 1.165) is 0 Å². The fourth-order valence-electron chi connectivity index (χ4n) is 1.76. The Morgan fingerprint density at radius 3 is 2.95 bits per heavy atom. The van der Waals surface area contributed by atoms with Crippen LogP contribution in [0.2, 0.25) is 0 Å². The number of nitrogens with zero attached hydrogens (tertiary/aromatic N) is 4. The van der Waals surface area contributed by atoms with Crippen molar-refractivity contribution in [1.29, 1.82) is 5.26 Å². The molecule has 0 fully saturated rings. The van der Waals surface area contributed by atoms with Gasteiger partial charge >= 0.3 is 0 Å². The summed E-state index contributed by atoms with van der Waals surface area (Å²) < 4.78 is 0. The van der Waals surface area contributed by atoms with Gasteiger partial charge in [-0.25, -0.2) is 4.98 Å². The zero-order valence-electron chi connectivity index (χ0n) is 9.75. The van der Waals surface area contributed by atoms with Gasteiger partial charge in [-0.05, 0) is 12.1 Å². The van der Waals surface area contributed by atoms with Gasteiger partial charge in [-0.2, -0.15) is 15.2 Å². The topological polar surface area (TPSA) is 116 Å². The Labute approximate surface area is 108 Å². The van der Waals surface area contributed by atoms with E-state index in [9.17, 15) is 0 Å². The molecule has 7 heteroatoms. The number of hydrogen-bond acceptors (Lipinski definition) is 6. The van der Waals surface area contributed by atoms with Crippen molar-refractivity contribution in [3.05, 3.63) is 36.2 Å². The van der Waals surface area contributed by atoms with Gasteiger partial charge in [0.15, 0.2) is 11.5 Å². The fourth-order valence-corrected chi connectivity index (χ4v) is 1.76. The molecule has 0 aliphatic carbocycles. The van der Waals surface area contributed by atoms with Gasteiger partial charge in [0.2, 0.25) is 5.95 Å². The van der Waals surface area contributed by atoms with Crippen molar-refractivity contribution in [2.24, 2.45) is 0 Å². The molecule has 3 aromatic rings. The second-order valence-corrected chi connectivity index (χ2v) is 3.81. The van der Waals surface area contributed by atoms with Crippen molar-refractivity contribution in [2.75, 3.05) is 11.1 Å². The molecule has 0 spiro atoms. The number of aromatic nitrogens is 4. The first-order chi connectivity index (χ1) is 9.28. The van der Waals surface area contributed by atoms with Crippen molar-refractivity contribution in [3.8, 4) is 6.07 Å². The SMILES string of the molecule is N#Cc1ccccc1Nc1nc(N)nc2nc[nH]c12. The molecule has 3 rings (SSSR count). The molecule has 19 heavy (non-hydrogen) atoms. The molecule has 4 N–H and O–H groups in total. The summed E-state index contributed by atoms with van der Waals surface area (Å²) in [6.07, 6.45) is 1.51. The minimum atomic E-state index is 0.122. The molecule has 92 valence electrons. The van der Waals surface area contributed by atoms with Crippen LogP contribution in [0.1, 0.15) is 5.56 Å². The largest absolute Gasteiger partial charge is 0.368 e. The van der Waals surface area contributed by atoms with Crippen LogP contribution in [0.25, 0.3) is 11.2 Å². The third-order valence-corrected chi connectivity index (χ3v) is 2.60. The summed E-state index contributed by atoms with van der Waals surface area (Å²) >= 11 is 0.